The summed E-state index contributed by atoms with van der Waals surface area (Å²) in [5, 5.41) is 0.466. The molecule has 0 aliphatic carbocycles. The van der Waals surface area contributed by atoms with E-state index in [1.807, 2.05) is 0 Å². The SMILES string of the molecule is Clc1cncc(Oc2ccccc2Oc2cncc(Cl)n2)n1. The second-order valence-corrected chi connectivity index (χ2v) is 4.79. The molecule has 0 amide bonds. The predicted molar refractivity (Wildman–Crippen MR) is 80.7 cm³/mol. The minimum absolute atomic E-state index is 0.233. The lowest BCUT2D eigenvalue weighted by molar-refractivity contribution is 0.400. The lowest BCUT2D eigenvalue weighted by atomic mass is 10.3. The van der Waals surface area contributed by atoms with E-state index < -0.39 is 0 Å². The Morgan fingerprint density at radius 2 is 1.14 bits per heavy atom. The van der Waals surface area contributed by atoms with E-state index in [0.717, 1.165) is 0 Å². The Hall–Kier alpha value is -2.44. The second-order valence-electron chi connectivity index (χ2n) is 4.01. The van der Waals surface area contributed by atoms with Gasteiger partial charge in [-0.05, 0) is 12.1 Å². The predicted octanol–water partition coefficient (Wildman–Crippen LogP) is 4.16. The molecule has 0 aliphatic heterocycles. The van der Waals surface area contributed by atoms with Crippen molar-refractivity contribution < 1.29 is 9.47 Å². The third kappa shape index (κ3) is 3.60. The zero-order chi connectivity index (χ0) is 15.4. The van der Waals surface area contributed by atoms with Crippen molar-refractivity contribution in [3.05, 3.63) is 59.4 Å². The highest BCUT2D eigenvalue weighted by Crippen LogP contribution is 2.33. The summed E-state index contributed by atoms with van der Waals surface area (Å²) in [6, 6.07) is 7.03. The normalized spacial score (nSPS) is 10.3. The molecule has 6 nitrogen and oxygen atoms in total. The molecule has 0 bridgehead atoms. The van der Waals surface area contributed by atoms with Gasteiger partial charge in [-0.15, -0.1) is 0 Å². The molecule has 8 heteroatoms. The minimum Gasteiger partial charge on any atom is -0.434 e. The van der Waals surface area contributed by atoms with Gasteiger partial charge in [-0.1, -0.05) is 35.3 Å². The number of benzene rings is 1. The molecular weight excluding hydrogens is 327 g/mol. The van der Waals surface area contributed by atoms with E-state index in [4.69, 9.17) is 32.7 Å². The summed E-state index contributed by atoms with van der Waals surface area (Å²) in [6.45, 7) is 0. The van der Waals surface area contributed by atoms with Crippen molar-refractivity contribution >= 4 is 23.2 Å². The molecule has 1 aromatic carbocycles. The smallest absolute Gasteiger partial charge is 0.239 e. The monoisotopic (exact) mass is 334 g/mol. The van der Waals surface area contributed by atoms with Crippen LogP contribution < -0.4 is 9.47 Å². The van der Waals surface area contributed by atoms with E-state index in [0.29, 0.717) is 11.5 Å². The van der Waals surface area contributed by atoms with Crippen LogP contribution in [0.1, 0.15) is 0 Å². The Kier molecular flexibility index (Phi) is 4.32. The molecule has 0 saturated heterocycles. The molecular formula is C14H8Cl2N4O2. The van der Waals surface area contributed by atoms with Gasteiger partial charge in [-0.2, -0.15) is 9.97 Å². The van der Waals surface area contributed by atoms with Crippen molar-refractivity contribution in [2.24, 2.45) is 0 Å². The van der Waals surface area contributed by atoms with Gasteiger partial charge in [-0.3, -0.25) is 9.97 Å². The van der Waals surface area contributed by atoms with Gasteiger partial charge < -0.3 is 9.47 Å². The van der Waals surface area contributed by atoms with Crippen LogP contribution in [0.2, 0.25) is 10.3 Å². The Balaban J connectivity index is 1.86. The summed E-state index contributed by atoms with van der Waals surface area (Å²) < 4.78 is 11.3. The van der Waals surface area contributed by atoms with E-state index in [9.17, 15) is 0 Å². The van der Waals surface area contributed by atoms with E-state index in [-0.39, 0.29) is 22.1 Å². The van der Waals surface area contributed by atoms with Crippen LogP contribution in [0.15, 0.2) is 49.1 Å². The van der Waals surface area contributed by atoms with Crippen LogP contribution in [-0.2, 0) is 0 Å². The van der Waals surface area contributed by atoms with Gasteiger partial charge in [0.2, 0.25) is 11.8 Å². The topological polar surface area (TPSA) is 70.0 Å². The van der Waals surface area contributed by atoms with Crippen LogP contribution in [0, 0.1) is 0 Å². The van der Waals surface area contributed by atoms with Crippen molar-refractivity contribution in [2.75, 3.05) is 0 Å². The molecule has 0 radical (unpaired) electrons. The van der Waals surface area contributed by atoms with Gasteiger partial charge in [0.25, 0.3) is 0 Å². The zero-order valence-corrected chi connectivity index (χ0v) is 12.5. The molecule has 3 aromatic rings. The first-order valence-electron chi connectivity index (χ1n) is 6.10. The number of hydrogen-bond donors (Lipinski definition) is 0. The highest BCUT2D eigenvalue weighted by atomic mass is 35.5. The second kappa shape index (κ2) is 6.55. The summed E-state index contributed by atoms with van der Waals surface area (Å²) in [4.78, 5) is 15.8. The van der Waals surface area contributed by atoms with E-state index in [2.05, 4.69) is 19.9 Å². The first-order chi connectivity index (χ1) is 10.7. The quantitative estimate of drug-likeness (QED) is 0.713. The number of nitrogens with zero attached hydrogens (tertiary/aromatic N) is 4. The molecule has 22 heavy (non-hydrogen) atoms. The Morgan fingerprint density at radius 3 is 1.55 bits per heavy atom. The van der Waals surface area contributed by atoms with E-state index in [1.165, 1.54) is 24.8 Å². The molecule has 0 atom stereocenters. The van der Waals surface area contributed by atoms with Gasteiger partial charge in [0.15, 0.2) is 21.8 Å². The number of para-hydroxylation sites is 2. The summed E-state index contributed by atoms with van der Waals surface area (Å²) in [5.74, 6) is 1.36. The Morgan fingerprint density at radius 1 is 0.682 bits per heavy atom. The summed E-state index contributed by atoms with van der Waals surface area (Å²) in [5.41, 5.74) is 0. The largest absolute Gasteiger partial charge is 0.434 e. The number of aromatic nitrogens is 4. The van der Waals surface area contributed by atoms with Crippen LogP contribution in [0.4, 0.5) is 0 Å². The molecule has 0 aliphatic rings. The highest BCUT2D eigenvalue weighted by molar-refractivity contribution is 6.29. The fourth-order valence-corrected chi connectivity index (χ4v) is 1.87. The Bertz CT molecular complexity index is 735. The fraction of sp³-hybridized carbons (Fsp3) is 0. The van der Waals surface area contributed by atoms with Gasteiger partial charge in [0.1, 0.15) is 0 Å². The minimum atomic E-state index is 0.233. The standard InChI is InChI=1S/C14H8Cl2N4O2/c15-11-5-17-7-13(19-11)21-9-3-1-2-4-10(9)22-14-8-18-6-12(16)20-14/h1-8H. The highest BCUT2D eigenvalue weighted by Gasteiger charge is 2.09. The van der Waals surface area contributed by atoms with Crippen molar-refractivity contribution in [1.29, 1.82) is 0 Å². The lowest BCUT2D eigenvalue weighted by Gasteiger charge is -2.10. The van der Waals surface area contributed by atoms with Crippen molar-refractivity contribution in [2.45, 2.75) is 0 Å². The fourth-order valence-electron chi connectivity index (χ4n) is 1.59. The van der Waals surface area contributed by atoms with Gasteiger partial charge in [-0.25, -0.2) is 0 Å². The van der Waals surface area contributed by atoms with Crippen molar-refractivity contribution in [3.8, 4) is 23.3 Å². The summed E-state index contributed by atoms with van der Waals surface area (Å²) in [7, 11) is 0. The molecule has 2 aromatic heterocycles. The summed E-state index contributed by atoms with van der Waals surface area (Å²) in [6.07, 6.45) is 5.72. The average molecular weight is 335 g/mol. The molecule has 0 fully saturated rings. The first-order valence-corrected chi connectivity index (χ1v) is 6.86. The number of ether oxygens (including phenoxy) is 2. The van der Waals surface area contributed by atoms with E-state index in [1.54, 1.807) is 24.3 Å². The third-order valence-corrected chi connectivity index (χ3v) is 2.81. The molecule has 0 spiro atoms. The van der Waals surface area contributed by atoms with E-state index >= 15 is 0 Å². The van der Waals surface area contributed by atoms with Crippen LogP contribution in [-0.4, -0.2) is 19.9 Å². The van der Waals surface area contributed by atoms with Gasteiger partial charge >= 0.3 is 0 Å². The maximum Gasteiger partial charge on any atom is 0.239 e. The number of halogens is 2. The maximum atomic E-state index is 5.78. The van der Waals surface area contributed by atoms with Crippen LogP contribution >= 0.6 is 23.2 Å². The summed E-state index contributed by atoms with van der Waals surface area (Å²) >= 11 is 11.6. The Labute approximate surface area is 135 Å². The van der Waals surface area contributed by atoms with Crippen molar-refractivity contribution in [1.82, 2.24) is 19.9 Å². The third-order valence-electron chi connectivity index (χ3n) is 2.44. The zero-order valence-electron chi connectivity index (χ0n) is 11.0. The van der Waals surface area contributed by atoms with Crippen LogP contribution in [0.3, 0.4) is 0 Å². The number of hydrogen-bond acceptors (Lipinski definition) is 6. The first kappa shape index (κ1) is 14.5. The van der Waals surface area contributed by atoms with Crippen LogP contribution in [0.5, 0.6) is 23.3 Å². The molecule has 3 rings (SSSR count). The lowest BCUT2D eigenvalue weighted by Crippen LogP contribution is -1.94. The average Bonchev–Trinajstić information content (AvgIpc) is 2.49. The molecule has 0 saturated carbocycles. The molecule has 2 heterocycles. The number of rotatable bonds is 4. The van der Waals surface area contributed by atoms with Gasteiger partial charge in [0, 0.05) is 0 Å². The van der Waals surface area contributed by atoms with Crippen molar-refractivity contribution in [3.63, 3.8) is 0 Å². The molecule has 110 valence electrons. The van der Waals surface area contributed by atoms with Crippen LogP contribution in [0.25, 0.3) is 0 Å². The molecule has 0 unspecified atom stereocenters. The van der Waals surface area contributed by atoms with Gasteiger partial charge in [0.05, 0.1) is 24.8 Å². The molecule has 0 N–H and O–H groups in total. The maximum absolute atomic E-state index is 5.78.